The molecule has 0 amide bonds. The van der Waals surface area contributed by atoms with Crippen LogP contribution in [0, 0.1) is 18.3 Å². The van der Waals surface area contributed by atoms with Crippen molar-refractivity contribution in [3.05, 3.63) is 44.3 Å². The number of nitriles is 1. The number of anilines is 1. The van der Waals surface area contributed by atoms with Crippen LogP contribution in [-0.4, -0.2) is 4.98 Å². The summed E-state index contributed by atoms with van der Waals surface area (Å²) in [6.45, 7) is 4.02. The maximum Gasteiger partial charge on any atom is 0.115 e. The van der Waals surface area contributed by atoms with Crippen LogP contribution in [0.2, 0.25) is 0 Å². The first kappa shape index (κ1) is 13.1. The van der Waals surface area contributed by atoms with Gasteiger partial charge in [-0.05, 0) is 41.9 Å². The van der Waals surface area contributed by atoms with E-state index in [9.17, 15) is 0 Å². The standard InChI is InChI=1S/C13H12BrN3S/c1-8-7-18-13(16-8)9(2)17-12-5-3-4-11(14)10(12)6-15/h3-5,7,9,17H,1-2H3. The highest BCUT2D eigenvalue weighted by Crippen LogP contribution is 2.28. The highest BCUT2D eigenvalue weighted by Gasteiger charge is 2.12. The zero-order valence-corrected chi connectivity index (χ0v) is 12.5. The molecule has 5 heteroatoms. The smallest absolute Gasteiger partial charge is 0.115 e. The third-order valence-corrected chi connectivity index (χ3v) is 4.31. The van der Waals surface area contributed by atoms with E-state index in [2.05, 4.69) is 32.3 Å². The predicted octanol–water partition coefficient (Wildman–Crippen LogP) is 4.26. The molecule has 1 atom stereocenters. The average molecular weight is 322 g/mol. The summed E-state index contributed by atoms with van der Waals surface area (Å²) in [5.41, 5.74) is 2.48. The molecule has 1 unspecified atom stereocenters. The largest absolute Gasteiger partial charge is 0.375 e. The first-order valence-corrected chi connectivity index (χ1v) is 7.16. The molecule has 2 aromatic rings. The summed E-state index contributed by atoms with van der Waals surface area (Å²) in [5.74, 6) is 0. The van der Waals surface area contributed by atoms with Crippen LogP contribution in [0.15, 0.2) is 28.1 Å². The van der Waals surface area contributed by atoms with Gasteiger partial charge in [0.1, 0.15) is 11.1 Å². The molecule has 0 saturated carbocycles. The van der Waals surface area contributed by atoms with E-state index in [4.69, 9.17) is 5.26 Å². The molecule has 92 valence electrons. The van der Waals surface area contributed by atoms with Crippen molar-refractivity contribution in [3.63, 3.8) is 0 Å². The topological polar surface area (TPSA) is 48.7 Å². The molecule has 1 heterocycles. The van der Waals surface area contributed by atoms with Crippen LogP contribution in [0.25, 0.3) is 0 Å². The molecule has 0 aliphatic heterocycles. The van der Waals surface area contributed by atoms with E-state index in [1.54, 1.807) is 11.3 Å². The Labute approximate surface area is 119 Å². The lowest BCUT2D eigenvalue weighted by Crippen LogP contribution is -2.07. The van der Waals surface area contributed by atoms with E-state index < -0.39 is 0 Å². The molecule has 0 aliphatic rings. The van der Waals surface area contributed by atoms with Gasteiger partial charge in [0, 0.05) is 15.5 Å². The molecule has 0 fully saturated rings. The van der Waals surface area contributed by atoms with Gasteiger partial charge in [0.15, 0.2) is 0 Å². The molecule has 0 radical (unpaired) electrons. The number of aromatic nitrogens is 1. The Morgan fingerprint density at radius 1 is 1.50 bits per heavy atom. The van der Waals surface area contributed by atoms with E-state index in [-0.39, 0.29) is 6.04 Å². The zero-order valence-electron chi connectivity index (χ0n) is 10.1. The van der Waals surface area contributed by atoms with Crippen molar-refractivity contribution in [2.24, 2.45) is 0 Å². The van der Waals surface area contributed by atoms with Crippen molar-refractivity contribution < 1.29 is 0 Å². The van der Waals surface area contributed by atoms with E-state index in [0.717, 1.165) is 20.9 Å². The maximum absolute atomic E-state index is 9.15. The number of benzene rings is 1. The van der Waals surface area contributed by atoms with E-state index in [0.29, 0.717) is 5.56 Å². The van der Waals surface area contributed by atoms with E-state index in [1.807, 2.05) is 37.4 Å². The van der Waals surface area contributed by atoms with Crippen LogP contribution in [0.3, 0.4) is 0 Å². The number of halogens is 1. The fraction of sp³-hybridized carbons (Fsp3) is 0.231. The summed E-state index contributed by atoms with van der Waals surface area (Å²) in [6.07, 6.45) is 0. The molecule has 3 nitrogen and oxygen atoms in total. The molecule has 2 rings (SSSR count). The van der Waals surface area contributed by atoms with Gasteiger partial charge in [0.05, 0.1) is 17.3 Å². The summed E-state index contributed by atoms with van der Waals surface area (Å²) >= 11 is 5.01. The number of rotatable bonds is 3. The lowest BCUT2D eigenvalue weighted by molar-refractivity contribution is 0.863. The molecule has 1 aromatic heterocycles. The fourth-order valence-corrected chi connectivity index (χ4v) is 2.88. The summed E-state index contributed by atoms with van der Waals surface area (Å²) < 4.78 is 0.803. The van der Waals surface area contributed by atoms with Gasteiger partial charge in [-0.2, -0.15) is 5.26 Å². The first-order valence-electron chi connectivity index (χ1n) is 5.49. The summed E-state index contributed by atoms with van der Waals surface area (Å²) in [7, 11) is 0. The second-order valence-corrected chi connectivity index (χ2v) is 5.71. The molecule has 0 aliphatic carbocycles. The molecule has 0 spiro atoms. The second-order valence-electron chi connectivity index (χ2n) is 3.97. The van der Waals surface area contributed by atoms with Gasteiger partial charge in [0.25, 0.3) is 0 Å². The fourth-order valence-electron chi connectivity index (χ4n) is 1.62. The Kier molecular flexibility index (Phi) is 4.00. The Hall–Kier alpha value is -1.38. The minimum atomic E-state index is 0.0881. The van der Waals surface area contributed by atoms with Gasteiger partial charge in [0.2, 0.25) is 0 Å². The van der Waals surface area contributed by atoms with Crippen molar-refractivity contribution in [3.8, 4) is 6.07 Å². The summed E-state index contributed by atoms with van der Waals surface area (Å²) in [6, 6.07) is 7.96. The Morgan fingerprint density at radius 2 is 2.28 bits per heavy atom. The third-order valence-electron chi connectivity index (χ3n) is 2.50. The second kappa shape index (κ2) is 5.51. The van der Waals surface area contributed by atoms with Crippen LogP contribution in [0.4, 0.5) is 5.69 Å². The Morgan fingerprint density at radius 3 is 2.89 bits per heavy atom. The highest BCUT2D eigenvalue weighted by molar-refractivity contribution is 9.10. The van der Waals surface area contributed by atoms with Crippen LogP contribution in [0.5, 0.6) is 0 Å². The van der Waals surface area contributed by atoms with Gasteiger partial charge in [-0.3, -0.25) is 0 Å². The Bertz CT molecular complexity index is 601. The predicted molar refractivity (Wildman–Crippen MR) is 77.7 cm³/mol. The number of nitrogens with one attached hydrogen (secondary N) is 1. The summed E-state index contributed by atoms with van der Waals surface area (Å²) in [4.78, 5) is 4.45. The first-order chi connectivity index (χ1) is 8.61. The monoisotopic (exact) mass is 321 g/mol. The Balaban J connectivity index is 2.25. The molecule has 1 N–H and O–H groups in total. The van der Waals surface area contributed by atoms with Crippen LogP contribution in [0.1, 0.15) is 29.2 Å². The minimum Gasteiger partial charge on any atom is -0.375 e. The minimum absolute atomic E-state index is 0.0881. The quantitative estimate of drug-likeness (QED) is 0.918. The summed E-state index contributed by atoms with van der Waals surface area (Å²) in [5, 5.41) is 15.5. The van der Waals surface area contributed by atoms with Crippen molar-refractivity contribution >= 4 is 33.0 Å². The van der Waals surface area contributed by atoms with Crippen LogP contribution in [-0.2, 0) is 0 Å². The van der Waals surface area contributed by atoms with E-state index in [1.165, 1.54) is 0 Å². The molecule has 1 aromatic carbocycles. The van der Waals surface area contributed by atoms with Gasteiger partial charge in [-0.1, -0.05) is 6.07 Å². The number of aryl methyl sites for hydroxylation is 1. The zero-order chi connectivity index (χ0) is 13.1. The lowest BCUT2D eigenvalue weighted by Gasteiger charge is -2.14. The van der Waals surface area contributed by atoms with E-state index >= 15 is 0 Å². The molecular weight excluding hydrogens is 310 g/mol. The molecular formula is C13H12BrN3S. The van der Waals surface area contributed by atoms with Gasteiger partial charge >= 0.3 is 0 Å². The van der Waals surface area contributed by atoms with Crippen molar-refractivity contribution in [2.75, 3.05) is 5.32 Å². The molecule has 0 saturated heterocycles. The van der Waals surface area contributed by atoms with Crippen molar-refractivity contribution in [1.82, 2.24) is 4.98 Å². The number of nitrogens with zero attached hydrogens (tertiary/aromatic N) is 2. The highest BCUT2D eigenvalue weighted by atomic mass is 79.9. The van der Waals surface area contributed by atoms with Crippen molar-refractivity contribution in [1.29, 1.82) is 5.26 Å². The van der Waals surface area contributed by atoms with Crippen molar-refractivity contribution in [2.45, 2.75) is 19.9 Å². The van der Waals surface area contributed by atoms with Crippen LogP contribution < -0.4 is 5.32 Å². The van der Waals surface area contributed by atoms with Gasteiger partial charge in [-0.25, -0.2) is 4.98 Å². The van der Waals surface area contributed by atoms with Gasteiger partial charge in [-0.15, -0.1) is 11.3 Å². The lowest BCUT2D eigenvalue weighted by atomic mass is 10.2. The number of thiazole rings is 1. The molecule has 0 bridgehead atoms. The van der Waals surface area contributed by atoms with Gasteiger partial charge < -0.3 is 5.32 Å². The maximum atomic E-state index is 9.15. The third kappa shape index (κ3) is 2.71. The molecule has 18 heavy (non-hydrogen) atoms. The average Bonchev–Trinajstić information content (AvgIpc) is 2.76. The SMILES string of the molecule is Cc1csc(C(C)Nc2cccc(Br)c2C#N)n1. The normalized spacial score (nSPS) is 11.9. The number of hydrogen-bond acceptors (Lipinski definition) is 4. The number of hydrogen-bond donors (Lipinski definition) is 1. The van der Waals surface area contributed by atoms with Crippen LogP contribution >= 0.6 is 27.3 Å².